The number of carbonyl (C=O) groups is 2. The minimum Gasteiger partial charge on any atom is -0.462 e. The normalized spacial score (nSPS) is 11.7. The number of likely N-dealkylation sites (N-methyl/N-ethyl adjacent to an activating group) is 1. The molecule has 2 aromatic carbocycles. The number of nitro benzene ring substituents is 1. The van der Waals surface area contributed by atoms with Crippen LogP contribution < -0.4 is 5.32 Å². The molecular weight excluding hydrogens is 362 g/mol. The van der Waals surface area contributed by atoms with Crippen LogP contribution in [0.4, 0.5) is 5.69 Å². The van der Waals surface area contributed by atoms with Gasteiger partial charge in [-0.3, -0.25) is 14.9 Å². The van der Waals surface area contributed by atoms with Gasteiger partial charge in [0.2, 0.25) is 0 Å². The van der Waals surface area contributed by atoms with E-state index in [1.54, 1.807) is 6.92 Å². The Hall–Kier alpha value is -3.26. The molecule has 8 heteroatoms. The lowest BCUT2D eigenvalue weighted by Gasteiger charge is -2.25. The van der Waals surface area contributed by atoms with Crippen molar-refractivity contribution in [3.05, 3.63) is 75.3 Å². The number of nitrogens with zero attached hydrogens (tertiary/aromatic N) is 2. The van der Waals surface area contributed by atoms with Crippen LogP contribution in [-0.4, -0.2) is 48.9 Å². The summed E-state index contributed by atoms with van der Waals surface area (Å²) >= 11 is 0. The van der Waals surface area contributed by atoms with E-state index in [1.807, 2.05) is 49.3 Å². The minimum absolute atomic E-state index is 0.0304. The number of carbonyl (C=O) groups excluding carboxylic acids is 2. The van der Waals surface area contributed by atoms with E-state index >= 15 is 0 Å². The first-order chi connectivity index (χ1) is 13.3. The number of non-ortho nitro benzene ring substituents is 1. The van der Waals surface area contributed by atoms with Crippen LogP contribution in [0.2, 0.25) is 0 Å². The van der Waals surface area contributed by atoms with Crippen LogP contribution in [0.25, 0.3) is 0 Å². The maximum Gasteiger partial charge on any atom is 0.338 e. The van der Waals surface area contributed by atoms with E-state index in [4.69, 9.17) is 4.74 Å². The Bertz CT molecular complexity index is 852. The zero-order chi connectivity index (χ0) is 20.7. The number of hydrogen-bond donors (Lipinski definition) is 1. The summed E-state index contributed by atoms with van der Waals surface area (Å²) in [6, 6.07) is 13.1. The molecule has 28 heavy (non-hydrogen) atoms. The molecule has 0 saturated heterocycles. The average Bonchev–Trinajstić information content (AvgIpc) is 2.68. The molecule has 0 radical (unpaired) electrons. The smallest absolute Gasteiger partial charge is 0.338 e. The summed E-state index contributed by atoms with van der Waals surface area (Å²) in [5, 5.41) is 14.0. The highest BCUT2D eigenvalue weighted by molar-refractivity contribution is 5.99. The molecule has 0 saturated carbocycles. The van der Waals surface area contributed by atoms with Crippen LogP contribution in [0.15, 0.2) is 48.5 Å². The average molecular weight is 385 g/mol. The Morgan fingerprint density at radius 3 is 2.36 bits per heavy atom. The fraction of sp³-hybridized carbons (Fsp3) is 0.300. The summed E-state index contributed by atoms with van der Waals surface area (Å²) in [5.74, 6) is -1.22. The summed E-state index contributed by atoms with van der Waals surface area (Å²) in [4.78, 5) is 37.0. The molecule has 0 fully saturated rings. The molecule has 8 nitrogen and oxygen atoms in total. The Labute approximate surface area is 163 Å². The highest BCUT2D eigenvalue weighted by atomic mass is 16.6. The van der Waals surface area contributed by atoms with Gasteiger partial charge in [-0.25, -0.2) is 4.79 Å². The van der Waals surface area contributed by atoms with Gasteiger partial charge in [-0.05, 0) is 32.6 Å². The molecule has 1 atom stereocenters. The second-order valence-electron chi connectivity index (χ2n) is 6.35. The molecule has 0 unspecified atom stereocenters. The number of amides is 1. The van der Waals surface area contributed by atoms with Crippen molar-refractivity contribution in [3.63, 3.8) is 0 Å². The third-order valence-corrected chi connectivity index (χ3v) is 4.17. The molecule has 1 N–H and O–H groups in total. The fourth-order valence-corrected chi connectivity index (χ4v) is 2.75. The SMILES string of the molecule is CCOC(=O)c1cc(C(=O)NC[C@H](c2ccccc2)N(C)C)cc([N+](=O)[O-])c1. The van der Waals surface area contributed by atoms with Crippen LogP contribution in [-0.2, 0) is 4.74 Å². The maximum atomic E-state index is 12.6. The van der Waals surface area contributed by atoms with Crippen molar-refractivity contribution in [2.45, 2.75) is 13.0 Å². The van der Waals surface area contributed by atoms with E-state index in [0.29, 0.717) is 6.54 Å². The quantitative estimate of drug-likeness (QED) is 0.426. The predicted octanol–water partition coefficient (Wildman–Crippen LogP) is 2.80. The number of esters is 1. The first-order valence-electron chi connectivity index (χ1n) is 8.79. The molecule has 0 aliphatic carbocycles. The summed E-state index contributed by atoms with van der Waals surface area (Å²) in [7, 11) is 3.80. The number of benzene rings is 2. The van der Waals surface area contributed by atoms with Crippen molar-refractivity contribution in [1.82, 2.24) is 10.2 Å². The molecule has 148 valence electrons. The highest BCUT2D eigenvalue weighted by Crippen LogP contribution is 2.20. The van der Waals surface area contributed by atoms with Crippen LogP contribution in [0.5, 0.6) is 0 Å². The zero-order valence-electron chi connectivity index (χ0n) is 16.0. The number of ether oxygens (including phenoxy) is 1. The van der Waals surface area contributed by atoms with Crippen LogP contribution in [0.3, 0.4) is 0 Å². The van der Waals surface area contributed by atoms with Gasteiger partial charge < -0.3 is 15.0 Å². The summed E-state index contributed by atoms with van der Waals surface area (Å²) < 4.78 is 4.88. The Morgan fingerprint density at radius 1 is 1.14 bits per heavy atom. The van der Waals surface area contributed by atoms with Crippen LogP contribution >= 0.6 is 0 Å². The Kier molecular flexibility index (Phi) is 7.22. The van der Waals surface area contributed by atoms with Gasteiger partial charge in [0.1, 0.15) is 0 Å². The molecular formula is C20H23N3O5. The van der Waals surface area contributed by atoms with Crippen LogP contribution in [0.1, 0.15) is 39.2 Å². The van der Waals surface area contributed by atoms with E-state index < -0.39 is 16.8 Å². The van der Waals surface area contributed by atoms with Crippen molar-refractivity contribution in [3.8, 4) is 0 Å². The van der Waals surface area contributed by atoms with E-state index in [9.17, 15) is 19.7 Å². The molecule has 0 aliphatic rings. The zero-order valence-corrected chi connectivity index (χ0v) is 16.0. The van der Waals surface area contributed by atoms with Gasteiger partial charge in [-0.1, -0.05) is 30.3 Å². The number of nitrogens with one attached hydrogen (secondary N) is 1. The van der Waals surface area contributed by atoms with Crippen molar-refractivity contribution < 1.29 is 19.2 Å². The van der Waals surface area contributed by atoms with Crippen LogP contribution in [0, 0.1) is 10.1 Å². The highest BCUT2D eigenvalue weighted by Gasteiger charge is 2.20. The second-order valence-corrected chi connectivity index (χ2v) is 6.35. The lowest BCUT2D eigenvalue weighted by atomic mass is 10.1. The molecule has 1 amide bonds. The van der Waals surface area contributed by atoms with Crippen molar-refractivity contribution in [1.29, 1.82) is 0 Å². The lowest BCUT2D eigenvalue weighted by molar-refractivity contribution is -0.384. The summed E-state index contributed by atoms with van der Waals surface area (Å²) in [5.41, 5.74) is 0.679. The first-order valence-corrected chi connectivity index (χ1v) is 8.79. The monoisotopic (exact) mass is 385 g/mol. The number of rotatable bonds is 8. The molecule has 0 heterocycles. The molecule has 2 aromatic rings. The van der Waals surface area contributed by atoms with Gasteiger partial charge in [-0.15, -0.1) is 0 Å². The largest absolute Gasteiger partial charge is 0.462 e. The van der Waals surface area contributed by atoms with E-state index in [0.717, 1.165) is 17.7 Å². The minimum atomic E-state index is -0.712. The topological polar surface area (TPSA) is 102 Å². The standard InChI is InChI=1S/C20H23N3O5/c1-4-28-20(25)16-10-15(11-17(12-16)23(26)27)19(24)21-13-18(22(2)3)14-8-6-5-7-9-14/h5-12,18H,4,13H2,1-3H3,(H,21,24)/t18-/m1/s1. The van der Waals surface area contributed by atoms with Gasteiger partial charge in [-0.2, -0.15) is 0 Å². The Balaban J connectivity index is 2.22. The number of hydrogen-bond acceptors (Lipinski definition) is 6. The second kappa shape index (κ2) is 9.61. The molecule has 0 aliphatic heterocycles. The van der Waals surface area contributed by atoms with Gasteiger partial charge in [0, 0.05) is 24.2 Å². The molecule has 0 aromatic heterocycles. The lowest BCUT2D eigenvalue weighted by Crippen LogP contribution is -2.34. The third-order valence-electron chi connectivity index (χ3n) is 4.17. The van der Waals surface area contributed by atoms with Crippen molar-refractivity contribution in [2.24, 2.45) is 0 Å². The maximum absolute atomic E-state index is 12.6. The van der Waals surface area contributed by atoms with Crippen molar-refractivity contribution in [2.75, 3.05) is 27.2 Å². The molecule has 2 rings (SSSR count). The van der Waals surface area contributed by atoms with E-state index in [-0.39, 0.29) is 29.5 Å². The molecule has 0 bridgehead atoms. The fourth-order valence-electron chi connectivity index (χ4n) is 2.75. The summed E-state index contributed by atoms with van der Waals surface area (Å²) in [6.07, 6.45) is 0. The third kappa shape index (κ3) is 5.37. The van der Waals surface area contributed by atoms with Gasteiger partial charge >= 0.3 is 5.97 Å². The molecule has 0 spiro atoms. The summed E-state index contributed by atoms with van der Waals surface area (Å²) in [6.45, 7) is 2.06. The Morgan fingerprint density at radius 2 is 1.79 bits per heavy atom. The predicted molar refractivity (Wildman–Crippen MR) is 104 cm³/mol. The van der Waals surface area contributed by atoms with E-state index in [2.05, 4.69) is 5.32 Å². The van der Waals surface area contributed by atoms with E-state index in [1.165, 1.54) is 6.07 Å². The number of nitro groups is 1. The van der Waals surface area contributed by atoms with Gasteiger partial charge in [0.05, 0.1) is 23.1 Å². The van der Waals surface area contributed by atoms with Gasteiger partial charge in [0.15, 0.2) is 0 Å². The van der Waals surface area contributed by atoms with Gasteiger partial charge in [0.25, 0.3) is 11.6 Å². The first kappa shape index (κ1) is 21.0. The van der Waals surface area contributed by atoms with Crippen molar-refractivity contribution >= 4 is 17.6 Å².